The second-order valence-electron chi connectivity index (χ2n) is 4.50. The van der Waals surface area contributed by atoms with Crippen LogP contribution in [0.5, 0.6) is 11.5 Å². The summed E-state index contributed by atoms with van der Waals surface area (Å²) in [4.78, 5) is 0. The van der Waals surface area contributed by atoms with Crippen LogP contribution in [0.15, 0.2) is 42.5 Å². The smallest absolute Gasteiger partial charge is 0.151 e. The molecule has 0 saturated heterocycles. The Morgan fingerprint density at radius 2 is 1.84 bits per heavy atom. The maximum Gasteiger partial charge on any atom is 0.151 e. The van der Waals surface area contributed by atoms with E-state index in [-0.39, 0.29) is 0 Å². The summed E-state index contributed by atoms with van der Waals surface area (Å²) in [5.41, 5.74) is 7.67. The van der Waals surface area contributed by atoms with Crippen LogP contribution in [0.1, 0.15) is 25.3 Å². The zero-order chi connectivity index (χ0) is 13.7. The summed E-state index contributed by atoms with van der Waals surface area (Å²) < 4.78 is 5.74. The van der Waals surface area contributed by atoms with E-state index in [2.05, 4.69) is 19.1 Å². The predicted molar refractivity (Wildman–Crippen MR) is 81.0 cm³/mol. The summed E-state index contributed by atoms with van der Waals surface area (Å²) in [5.74, 6) is 1.36. The molecule has 0 unspecified atom stereocenters. The molecule has 0 fully saturated rings. The largest absolute Gasteiger partial charge is 0.455 e. The summed E-state index contributed by atoms with van der Waals surface area (Å²) in [6, 6.07) is 13.5. The number of para-hydroxylation sites is 1. The molecule has 0 amide bonds. The molecule has 2 N–H and O–H groups in total. The topological polar surface area (TPSA) is 35.2 Å². The van der Waals surface area contributed by atoms with Crippen molar-refractivity contribution in [3.63, 3.8) is 0 Å². The molecule has 19 heavy (non-hydrogen) atoms. The minimum atomic E-state index is 0.472. The molecule has 2 aromatic carbocycles. The minimum absolute atomic E-state index is 0.472. The number of nitrogens with two attached hydrogens (primary N) is 1. The lowest BCUT2D eigenvalue weighted by atomic mass is 10.1. The second-order valence-corrected chi connectivity index (χ2v) is 4.91. The van der Waals surface area contributed by atoms with E-state index in [0.717, 1.165) is 12.2 Å². The van der Waals surface area contributed by atoms with Crippen LogP contribution in [0.2, 0.25) is 5.02 Å². The third-order valence-electron chi connectivity index (χ3n) is 2.98. The van der Waals surface area contributed by atoms with Gasteiger partial charge in [-0.05, 0) is 42.7 Å². The number of hydrogen-bond acceptors (Lipinski definition) is 2. The SMILES string of the molecule is CCCCc1ccc(Oc2cccc(Cl)c2N)cc1. The molecule has 0 spiro atoms. The first-order chi connectivity index (χ1) is 9.20. The van der Waals surface area contributed by atoms with Crippen molar-refractivity contribution in [1.82, 2.24) is 0 Å². The molecule has 0 aromatic heterocycles. The van der Waals surface area contributed by atoms with Crippen LogP contribution in [0, 0.1) is 0 Å². The summed E-state index contributed by atoms with van der Waals surface area (Å²) in [5, 5.41) is 0.511. The molecule has 2 aromatic rings. The first-order valence-corrected chi connectivity index (χ1v) is 6.89. The molecule has 3 heteroatoms. The number of rotatable bonds is 5. The Hall–Kier alpha value is -1.67. The standard InChI is InChI=1S/C16H18ClNO/c1-2-3-5-12-8-10-13(11-9-12)19-15-7-4-6-14(17)16(15)18/h4,6-11H,2-3,5,18H2,1H3. The van der Waals surface area contributed by atoms with Crippen molar-refractivity contribution in [3.8, 4) is 11.5 Å². The van der Waals surface area contributed by atoms with E-state index in [9.17, 15) is 0 Å². The first kappa shape index (κ1) is 13.8. The average Bonchev–Trinajstić information content (AvgIpc) is 2.43. The minimum Gasteiger partial charge on any atom is -0.455 e. The highest BCUT2D eigenvalue weighted by atomic mass is 35.5. The van der Waals surface area contributed by atoms with Gasteiger partial charge >= 0.3 is 0 Å². The van der Waals surface area contributed by atoms with Gasteiger partial charge in [0.1, 0.15) is 5.75 Å². The number of anilines is 1. The van der Waals surface area contributed by atoms with E-state index in [1.807, 2.05) is 24.3 Å². The molecule has 0 aliphatic carbocycles. The summed E-state index contributed by atoms with van der Waals surface area (Å²) in [6.45, 7) is 2.19. The molecular weight excluding hydrogens is 258 g/mol. The molecule has 0 radical (unpaired) electrons. The molecule has 100 valence electrons. The monoisotopic (exact) mass is 275 g/mol. The third-order valence-corrected chi connectivity index (χ3v) is 3.31. The number of halogens is 1. The number of aryl methyl sites for hydroxylation is 1. The predicted octanol–water partition coefficient (Wildman–Crippen LogP) is 5.06. The maximum absolute atomic E-state index is 5.96. The van der Waals surface area contributed by atoms with E-state index in [4.69, 9.17) is 22.1 Å². The van der Waals surface area contributed by atoms with Gasteiger partial charge in [-0.25, -0.2) is 0 Å². The van der Waals surface area contributed by atoms with E-state index in [1.54, 1.807) is 6.07 Å². The highest BCUT2D eigenvalue weighted by Gasteiger charge is 2.05. The first-order valence-electron chi connectivity index (χ1n) is 6.51. The highest BCUT2D eigenvalue weighted by molar-refractivity contribution is 6.33. The fraction of sp³-hybridized carbons (Fsp3) is 0.250. The molecule has 0 aliphatic rings. The van der Waals surface area contributed by atoms with Crippen LogP contribution in [0.3, 0.4) is 0 Å². The zero-order valence-corrected chi connectivity index (χ0v) is 11.8. The van der Waals surface area contributed by atoms with Gasteiger partial charge < -0.3 is 10.5 Å². The van der Waals surface area contributed by atoms with Crippen molar-refractivity contribution in [1.29, 1.82) is 0 Å². The van der Waals surface area contributed by atoms with Crippen LogP contribution in [-0.4, -0.2) is 0 Å². The Bertz CT molecular complexity index is 537. The summed E-state index contributed by atoms with van der Waals surface area (Å²) in [7, 11) is 0. The van der Waals surface area contributed by atoms with E-state index >= 15 is 0 Å². The number of benzene rings is 2. The number of nitrogen functional groups attached to an aromatic ring is 1. The van der Waals surface area contributed by atoms with Crippen molar-refractivity contribution in [2.24, 2.45) is 0 Å². The zero-order valence-electron chi connectivity index (χ0n) is 11.0. The number of unbranched alkanes of at least 4 members (excludes halogenated alkanes) is 1. The molecule has 0 heterocycles. The lowest BCUT2D eigenvalue weighted by Gasteiger charge is -2.10. The molecule has 0 bridgehead atoms. The Balaban J connectivity index is 2.09. The van der Waals surface area contributed by atoms with E-state index < -0.39 is 0 Å². The van der Waals surface area contributed by atoms with Gasteiger partial charge in [0.15, 0.2) is 5.75 Å². The molecule has 2 rings (SSSR count). The van der Waals surface area contributed by atoms with E-state index in [1.165, 1.54) is 18.4 Å². The Morgan fingerprint density at radius 3 is 2.53 bits per heavy atom. The molecular formula is C16H18ClNO. The maximum atomic E-state index is 5.96. The Morgan fingerprint density at radius 1 is 1.11 bits per heavy atom. The summed E-state index contributed by atoms with van der Waals surface area (Å²) >= 11 is 5.96. The summed E-state index contributed by atoms with van der Waals surface area (Å²) in [6.07, 6.45) is 3.52. The van der Waals surface area contributed by atoms with Crippen molar-refractivity contribution in [2.45, 2.75) is 26.2 Å². The average molecular weight is 276 g/mol. The molecule has 0 aliphatic heterocycles. The third kappa shape index (κ3) is 3.65. The van der Waals surface area contributed by atoms with Crippen molar-refractivity contribution < 1.29 is 4.74 Å². The van der Waals surface area contributed by atoms with Gasteiger partial charge in [0.25, 0.3) is 0 Å². The van der Waals surface area contributed by atoms with Crippen LogP contribution in [0.25, 0.3) is 0 Å². The van der Waals surface area contributed by atoms with Crippen LogP contribution in [-0.2, 0) is 6.42 Å². The van der Waals surface area contributed by atoms with Gasteiger partial charge in [0, 0.05) is 0 Å². The highest BCUT2D eigenvalue weighted by Crippen LogP contribution is 2.32. The van der Waals surface area contributed by atoms with Crippen LogP contribution < -0.4 is 10.5 Å². The Labute approximate surface area is 119 Å². The second kappa shape index (κ2) is 6.48. The number of hydrogen-bond donors (Lipinski definition) is 1. The van der Waals surface area contributed by atoms with Gasteiger partial charge in [-0.15, -0.1) is 0 Å². The fourth-order valence-electron chi connectivity index (χ4n) is 1.84. The van der Waals surface area contributed by atoms with Crippen molar-refractivity contribution >= 4 is 17.3 Å². The Kier molecular flexibility index (Phi) is 4.69. The lowest BCUT2D eigenvalue weighted by Crippen LogP contribution is -1.93. The van der Waals surface area contributed by atoms with Gasteiger partial charge in [0.2, 0.25) is 0 Å². The van der Waals surface area contributed by atoms with E-state index in [0.29, 0.717) is 16.5 Å². The fourth-order valence-corrected chi connectivity index (χ4v) is 2.00. The van der Waals surface area contributed by atoms with Crippen molar-refractivity contribution in [2.75, 3.05) is 5.73 Å². The molecule has 0 atom stereocenters. The van der Waals surface area contributed by atoms with Gasteiger partial charge in [-0.1, -0.05) is 43.1 Å². The normalized spacial score (nSPS) is 10.4. The molecule has 2 nitrogen and oxygen atoms in total. The van der Waals surface area contributed by atoms with Gasteiger partial charge in [0.05, 0.1) is 10.7 Å². The van der Waals surface area contributed by atoms with Crippen LogP contribution in [0.4, 0.5) is 5.69 Å². The number of ether oxygens (including phenoxy) is 1. The van der Waals surface area contributed by atoms with Crippen molar-refractivity contribution in [3.05, 3.63) is 53.1 Å². The van der Waals surface area contributed by atoms with Gasteiger partial charge in [-0.3, -0.25) is 0 Å². The molecule has 0 saturated carbocycles. The lowest BCUT2D eigenvalue weighted by molar-refractivity contribution is 0.485. The quantitative estimate of drug-likeness (QED) is 0.774. The van der Waals surface area contributed by atoms with Crippen LogP contribution >= 0.6 is 11.6 Å². The van der Waals surface area contributed by atoms with Gasteiger partial charge in [-0.2, -0.15) is 0 Å².